The fraction of sp³-hybridized carbons (Fsp3) is 0.500. The van der Waals surface area contributed by atoms with E-state index in [2.05, 4.69) is 10.6 Å². The first-order valence-electron chi connectivity index (χ1n) is 6.43. The van der Waals surface area contributed by atoms with E-state index in [1.165, 1.54) is 12.1 Å². The third-order valence-corrected chi connectivity index (χ3v) is 3.45. The minimum atomic E-state index is -0.529. The zero-order valence-electron chi connectivity index (χ0n) is 11.9. The molecule has 2 atom stereocenters. The molecule has 0 aromatic heterocycles. The molecule has 1 aromatic rings. The first kappa shape index (κ1) is 17.2. The van der Waals surface area contributed by atoms with E-state index >= 15 is 0 Å². The molecule has 0 saturated heterocycles. The average Bonchev–Trinajstić information content (AvgIpc) is 2.32. The highest BCUT2D eigenvalue weighted by molar-refractivity contribution is 6.35. The van der Waals surface area contributed by atoms with Gasteiger partial charge in [-0.1, -0.05) is 23.2 Å². The predicted octanol–water partition coefficient (Wildman–Crippen LogP) is 3.70. The molecular formula is C14H19Cl2FN2O. The van der Waals surface area contributed by atoms with Crippen LogP contribution in [0.5, 0.6) is 0 Å². The summed E-state index contributed by atoms with van der Waals surface area (Å²) >= 11 is 11.7. The van der Waals surface area contributed by atoms with Crippen molar-refractivity contribution in [3.05, 3.63) is 33.6 Å². The summed E-state index contributed by atoms with van der Waals surface area (Å²) < 4.78 is 13.5. The van der Waals surface area contributed by atoms with Gasteiger partial charge in [0.1, 0.15) is 5.82 Å². The Hall–Kier alpha value is -0.840. The molecule has 1 amide bonds. The van der Waals surface area contributed by atoms with Gasteiger partial charge in [0.2, 0.25) is 5.91 Å². The summed E-state index contributed by atoms with van der Waals surface area (Å²) in [5, 5.41) is 6.24. The lowest BCUT2D eigenvalue weighted by molar-refractivity contribution is -0.123. The van der Waals surface area contributed by atoms with Gasteiger partial charge in [0.05, 0.1) is 11.1 Å². The van der Waals surface area contributed by atoms with E-state index in [0.29, 0.717) is 10.6 Å². The van der Waals surface area contributed by atoms with Crippen LogP contribution in [0, 0.1) is 5.82 Å². The second-order valence-electron chi connectivity index (χ2n) is 5.06. The van der Waals surface area contributed by atoms with E-state index in [1.807, 2.05) is 20.8 Å². The van der Waals surface area contributed by atoms with E-state index in [9.17, 15) is 9.18 Å². The molecule has 1 aromatic carbocycles. The lowest BCUT2D eigenvalue weighted by Gasteiger charge is -2.22. The Kier molecular flexibility index (Phi) is 6.24. The van der Waals surface area contributed by atoms with Crippen LogP contribution in [-0.4, -0.2) is 18.0 Å². The highest BCUT2D eigenvalue weighted by Gasteiger charge is 2.19. The molecule has 0 aliphatic rings. The van der Waals surface area contributed by atoms with Crippen molar-refractivity contribution >= 4 is 29.1 Å². The maximum Gasteiger partial charge on any atom is 0.237 e. The summed E-state index contributed by atoms with van der Waals surface area (Å²) in [4.78, 5) is 11.8. The normalized spacial score (nSPS) is 14.2. The second kappa shape index (κ2) is 7.25. The molecule has 0 aliphatic heterocycles. The van der Waals surface area contributed by atoms with Crippen molar-refractivity contribution in [3.8, 4) is 0 Å². The molecule has 0 radical (unpaired) electrons. The second-order valence-corrected chi connectivity index (χ2v) is 5.88. The lowest BCUT2D eigenvalue weighted by Crippen LogP contribution is -2.45. The van der Waals surface area contributed by atoms with Gasteiger partial charge in [0.25, 0.3) is 0 Å². The van der Waals surface area contributed by atoms with Crippen molar-refractivity contribution in [2.24, 2.45) is 0 Å². The van der Waals surface area contributed by atoms with Crippen molar-refractivity contribution in [2.75, 3.05) is 0 Å². The number of carbonyl (C=O) groups is 1. The maximum atomic E-state index is 13.5. The molecule has 0 unspecified atom stereocenters. The van der Waals surface area contributed by atoms with Crippen LogP contribution in [0.4, 0.5) is 4.39 Å². The lowest BCUT2D eigenvalue weighted by atomic mass is 10.1. The quantitative estimate of drug-likeness (QED) is 0.812. The van der Waals surface area contributed by atoms with Crippen LogP contribution in [0.1, 0.15) is 39.3 Å². The van der Waals surface area contributed by atoms with Gasteiger partial charge in [-0.2, -0.15) is 0 Å². The summed E-state index contributed by atoms with van der Waals surface area (Å²) in [7, 11) is 0. The number of carbonyl (C=O) groups excluding carboxylic acids is 1. The van der Waals surface area contributed by atoms with E-state index in [1.54, 1.807) is 6.92 Å². The predicted molar refractivity (Wildman–Crippen MR) is 80.7 cm³/mol. The monoisotopic (exact) mass is 320 g/mol. The first-order valence-corrected chi connectivity index (χ1v) is 7.18. The molecule has 20 heavy (non-hydrogen) atoms. The molecule has 0 heterocycles. The Morgan fingerprint density at radius 1 is 1.15 bits per heavy atom. The molecule has 0 saturated carbocycles. The molecule has 6 heteroatoms. The molecule has 3 nitrogen and oxygen atoms in total. The minimum Gasteiger partial charge on any atom is -0.353 e. The Balaban J connectivity index is 2.78. The summed E-state index contributed by atoms with van der Waals surface area (Å²) in [6.45, 7) is 7.33. The number of nitrogens with one attached hydrogen (secondary N) is 2. The van der Waals surface area contributed by atoms with Crippen LogP contribution in [0.2, 0.25) is 10.0 Å². The van der Waals surface area contributed by atoms with Gasteiger partial charge in [0.15, 0.2) is 0 Å². The molecule has 1 rings (SSSR count). The molecule has 0 bridgehead atoms. The van der Waals surface area contributed by atoms with E-state index < -0.39 is 11.9 Å². The Bertz CT molecular complexity index is 494. The number of rotatable bonds is 5. The van der Waals surface area contributed by atoms with Gasteiger partial charge in [-0.05, 0) is 45.4 Å². The van der Waals surface area contributed by atoms with E-state index in [0.717, 1.165) is 0 Å². The largest absolute Gasteiger partial charge is 0.353 e. The highest BCUT2D eigenvalue weighted by Crippen LogP contribution is 2.28. The van der Waals surface area contributed by atoms with Gasteiger partial charge in [-0.3, -0.25) is 10.1 Å². The van der Waals surface area contributed by atoms with Gasteiger partial charge in [-0.25, -0.2) is 4.39 Å². The minimum absolute atomic E-state index is 0.0171. The number of amides is 1. The van der Waals surface area contributed by atoms with Crippen LogP contribution in [0.15, 0.2) is 12.1 Å². The molecule has 0 aliphatic carbocycles. The molecule has 0 spiro atoms. The van der Waals surface area contributed by atoms with Crippen LogP contribution >= 0.6 is 23.2 Å². The van der Waals surface area contributed by atoms with Gasteiger partial charge in [0, 0.05) is 17.1 Å². The van der Waals surface area contributed by atoms with Crippen molar-refractivity contribution in [1.29, 1.82) is 0 Å². The third kappa shape index (κ3) is 4.62. The summed E-state index contributed by atoms with van der Waals surface area (Å²) in [5.41, 5.74) is 0.567. The van der Waals surface area contributed by atoms with Gasteiger partial charge in [-0.15, -0.1) is 0 Å². The third-order valence-electron chi connectivity index (χ3n) is 2.83. The molecule has 0 fully saturated rings. The topological polar surface area (TPSA) is 41.1 Å². The van der Waals surface area contributed by atoms with Crippen LogP contribution in [-0.2, 0) is 4.79 Å². The van der Waals surface area contributed by atoms with Crippen molar-refractivity contribution < 1.29 is 9.18 Å². The number of hydrogen-bond donors (Lipinski definition) is 2. The Labute approximate surface area is 128 Å². The van der Waals surface area contributed by atoms with Gasteiger partial charge >= 0.3 is 0 Å². The summed E-state index contributed by atoms with van der Waals surface area (Å²) in [6, 6.07) is 2.03. The number of benzene rings is 1. The molecular weight excluding hydrogens is 302 g/mol. The SMILES string of the molecule is CC(C)NC(=O)[C@H](C)N[C@@H](C)c1cc(F)c(Cl)cc1Cl. The smallest absolute Gasteiger partial charge is 0.237 e. The van der Waals surface area contributed by atoms with Crippen molar-refractivity contribution in [1.82, 2.24) is 10.6 Å². The summed E-state index contributed by atoms with van der Waals surface area (Å²) in [6.07, 6.45) is 0. The zero-order chi connectivity index (χ0) is 15.4. The fourth-order valence-electron chi connectivity index (χ4n) is 1.82. The summed E-state index contributed by atoms with van der Waals surface area (Å²) in [5.74, 6) is -0.642. The fourth-order valence-corrected chi connectivity index (χ4v) is 2.37. The highest BCUT2D eigenvalue weighted by atomic mass is 35.5. The number of halogens is 3. The number of hydrogen-bond acceptors (Lipinski definition) is 2. The molecule has 112 valence electrons. The first-order chi connectivity index (χ1) is 9.22. The van der Waals surface area contributed by atoms with Crippen molar-refractivity contribution in [3.63, 3.8) is 0 Å². The van der Waals surface area contributed by atoms with Crippen LogP contribution in [0.3, 0.4) is 0 Å². The van der Waals surface area contributed by atoms with Crippen LogP contribution in [0.25, 0.3) is 0 Å². The van der Waals surface area contributed by atoms with E-state index in [4.69, 9.17) is 23.2 Å². The van der Waals surface area contributed by atoms with E-state index in [-0.39, 0.29) is 23.0 Å². The Morgan fingerprint density at radius 2 is 1.75 bits per heavy atom. The standard InChI is InChI=1S/C14H19Cl2FN2O/c1-7(2)18-14(20)9(4)19-8(3)10-5-13(17)12(16)6-11(10)15/h5-9,19H,1-4H3,(H,18,20)/t8-,9-/m0/s1. The van der Waals surface area contributed by atoms with Gasteiger partial charge < -0.3 is 5.32 Å². The molecule has 2 N–H and O–H groups in total. The maximum absolute atomic E-state index is 13.5. The zero-order valence-corrected chi connectivity index (χ0v) is 13.4. The average molecular weight is 321 g/mol. The van der Waals surface area contributed by atoms with Crippen molar-refractivity contribution in [2.45, 2.75) is 45.8 Å². The Morgan fingerprint density at radius 3 is 2.30 bits per heavy atom. The van der Waals surface area contributed by atoms with Crippen LogP contribution < -0.4 is 10.6 Å².